The first kappa shape index (κ1) is 16.1. The SMILES string of the molecule is COC(=O)C1CC2CCCCC2N1C(=O)c1csc2c1CCCC2. The molecule has 2 heterocycles. The van der Waals surface area contributed by atoms with Crippen molar-refractivity contribution >= 4 is 23.2 Å². The van der Waals surface area contributed by atoms with E-state index in [0.29, 0.717) is 5.92 Å². The molecule has 0 N–H and O–H groups in total. The number of fused-ring (bicyclic) bond motifs is 2. The van der Waals surface area contributed by atoms with E-state index in [4.69, 9.17) is 4.74 Å². The summed E-state index contributed by atoms with van der Waals surface area (Å²) in [6.07, 6.45) is 9.78. The lowest BCUT2D eigenvalue weighted by molar-refractivity contribution is -0.145. The van der Waals surface area contributed by atoms with Crippen LogP contribution in [0.4, 0.5) is 0 Å². The number of esters is 1. The number of rotatable bonds is 2. The highest BCUT2D eigenvalue weighted by Gasteiger charge is 2.48. The van der Waals surface area contributed by atoms with Gasteiger partial charge in [-0.05, 0) is 56.4 Å². The molecule has 3 atom stereocenters. The molecule has 5 heteroatoms. The quantitative estimate of drug-likeness (QED) is 0.768. The normalized spacial score (nSPS) is 29.0. The molecule has 1 aromatic heterocycles. The van der Waals surface area contributed by atoms with Crippen molar-refractivity contribution in [2.24, 2.45) is 5.92 Å². The Bertz CT molecular complexity index is 653. The van der Waals surface area contributed by atoms with Crippen LogP contribution < -0.4 is 0 Å². The summed E-state index contributed by atoms with van der Waals surface area (Å²) in [6.45, 7) is 0. The summed E-state index contributed by atoms with van der Waals surface area (Å²) in [5.41, 5.74) is 2.11. The van der Waals surface area contributed by atoms with E-state index in [1.54, 1.807) is 11.3 Å². The molecular weight excluding hydrogens is 322 g/mol. The molecule has 2 fully saturated rings. The fraction of sp³-hybridized carbons (Fsp3) is 0.684. The maximum absolute atomic E-state index is 13.4. The number of carbonyl (C=O) groups excluding carboxylic acids is 2. The molecule has 1 aliphatic heterocycles. The Morgan fingerprint density at radius 1 is 1.17 bits per heavy atom. The second-order valence-corrected chi connectivity index (χ2v) is 8.32. The van der Waals surface area contributed by atoms with Crippen molar-refractivity contribution in [2.75, 3.05) is 7.11 Å². The number of nitrogens with zero attached hydrogens (tertiary/aromatic N) is 1. The molecule has 4 rings (SSSR count). The summed E-state index contributed by atoms with van der Waals surface area (Å²) in [5.74, 6) is 0.280. The Balaban J connectivity index is 1.67. The van der Waals surface area contributed by atoms with Crippen molar-refractivity contribution in [3.05, 3.63) is 21.4 Å². The third-order valence-corrected chi connectivity index (χ3v) is 7.18. The highest BCUT2D eigenvalue weighted by Crippen LogP contribution is 2.42. The number of aryl methyl sites for hydroxylation is 1. The minimum atomic E-state index is -0.394. The van der Waals surface area contributed by atoms with Gasteiger partial charge in [-0.15, -0.1) is 11.3 Å². The first-order valence-electron chi connectivity index (χ1n) is 9.20. The van der Waals surface area contributed by atoms with Gasteiger partial charge >= 0.3 is 5.97 Å². The Labute approximate surface area is 147 Å². The summed E-state index contributed by atoms with van der Waals surface area (Å²) >= 11 is 1.72. The van der Waals surface area contributed by atoms with Crippen LogP contribution in [-0.2, 0) is 22.4 Å². The smallest absolute Gasteiger partial charge is 0.328 e. The van der Waals surface area contributed by atoms with Crippen LogP contribution in [0.1, 0.15) is 65.7 Å². The van der Waals surface area contributed by atoms with Crippen LogP contribution in [0.2, 0.25) is 0 Å². The third kappa shape index (κ3) is 2.57. The van der Waals surface area contributed by atoms with Crippen LogP contribution in [-0.4, -0.2) is 36.0 Å². The monoisotopic (exact) mass is 347 g/mol. The summed E-state index contributed by atoms with van der Waals surface area (Å²) in [5, 5.41) is 2.03. The second-order valence-electron chi connectivity index (χ2n) is 7.36. The molecule has 4 nitrogen and oxygen atoms in total. The first-order valence-corrected chi connectivity index (χ1v) is 10.1. The van der Waals surface area contributed by atoms with Crippen LogP contribution in [0.3, 0.4) is 0 Å². The van der Waals surface area contributed by atoms with Gasteiger partial charge in [-0.25, -0.2) is 4.79 Å². The van der Waals surface area contributed by atoms with E-state index < -0.39 is 6.04 Å². The fourth-order valence-corrected chi connectivity index (χ4v) is 6.03. The van der Waals surface area contributed by atoms with E-state index in [1.165, 1.54) is 30.4 Å². The molecule has 3 unspecified atom stereocenters. The second kappa shape index (κ2) is 6.51. The number of hydrogen-bond acceptors (Lipinski definition) is 4. The average Bonchev–Trinajstić information content (AvgIpc) is 3.22. The van der Waals surface area contributed by atoms with E-state index in [9.17, 15) is 9.59 Å². The number of carbonyl (C=O) groups is 2. The first-order chi connectivity index (χ1) is 11.7. The number of ether oxygens (including phenoxy) is 1. The molecule has 0 aromatic carbocycles. The van der Waals surface area contributed by atoms with E-state index in [-0.39, 0.29) is 17.9 Å². The maximum atomic E-state index is 13.4. The number of likely N-dealkylation sites (tertiary alicyclic amines) is 1. The van der Waals surface area contributed by atoms with Gasteiger partial charge in [-0.2, -0.15) is 0 Å². The average molecular weight is 347 g/mol. The molecule has 0 spiro atoms. The van der Waals surface area contributed by atoms with Gasteiger partial charge in [0.05, 0.1) is 12.7 Å². The van der Waals surface area contributed by atoms with Crippen molar-refractivity contribution in [3.63, 3.8) is 0 Å². The molecule has 0 bridgehead atoms. The molecule has 3 aliphatic rings. The van der Waals surface area contributed by atoms with E-state index >= 15 is 0 Å². The summed E-state index contributed by atoms with van der Waals surface area (Å²) in [6, 6.07) is -0.177. The lowest BCUT2D eigenvalue weighted by Gasteiger charge is -2.33. The Hall–Kier alpha value is -1.36. The van der Waals surface area contributed by atoms with E-state index in [0.717, 1.165) is 50.5 Å². The van der Waals surface area contributed by atoms with E-state index in [2.05, 4.69) is 0 Å². The predicted octanol–water partition coefficient (Wildman–Crippen LogP) is 3.57. The van der Waals surface area contributed by atoms with Gasteiger partial charge < -0.3 is 9.64 Å². The van der Waals surface area contributed by atoms with Crippen LogP contribution in [0.5, 0.6) is 0 Å². The lowest BCUT2D eigenvalue weighted by atomic mass is 9.84. The van der Waals surface area contributed by atoms with Crippen LogP contribution in [0.25, 0.3) is 0 Å². The van der Waals surface area contributed by atoms with Gasteiger partial charge in [0.2, 0.25) is 0 Å². The molecule has 1 saturated carbocycles. The topological polar surface area (TPSA) is 46.6 Å². The molecule has 1 aromatic rings. The highest BCUT2D eigenvalue weighted by atomic mass is 32.1. The molecule has 1 saturated heterocycles. The zero-order valence-corrected chi connectivity index (χ0v) is 15.1. The Morgan fingerprint density at radius 2 is 1.96 bits per heavy atom. The Kier molecular flexibility index (Phi) is 4.37. The zero-order chi connectivity index (χ0) is 16.7. The van der Waals surface area contributed by atoms with Crippen molar-refractivity contribution in [2.45, 2.75) is 69.9 Å². The summed E-state index contributed by atoms with van der Waals surface area (Å²) in [7, 11) is 1.43. The van der Waals surface area contributed by atoms with Gasteiger partial charge in [0.15, 0.2) is 0 Å². The van der Waals surface area contributed by atoms with Crippen molar-refractivity contribution in [1.82, 2.24) is 4.90 Å². The third-order valence-electron chi connectivity index (χ3n) is 6.09. The van der Waals surface area contributed by atoms with E-state index in [1.807, 2.05) is 10.3 Å². The largest absolute Gasteiger partial charge is 0.467 e. The lowest BCUT2D eigenvalue weighted by Crippen LogP contribution is -2.46. The van der Waals surface area contributed by atoms with Crippen molar-refractivity contribution < 1.29 is 14.3 Å². The molecule has 130 valence electrons. The number of hydrogen-bond donors (Lipinski definition) is 0. The zero-order valence-electron chi connectivity index (χ0n) is 14.3. The van der Waals surface area contributed by atoms with Crippen molar-refractivity contribution in [3.8, 4) is 0 Å². The molecule has 2 aliphatic carbocycles. The minimum Gasteiger partial charge on any atom is -0.467 e. The number of methoxy groups -OCH3 is 1. The highest BCUT2D eigenvalue weighted by molar-refractivity contribution is 7.10. The molecule has 0 radical (unpaired) electrons. The standard InChI is InChI=1S/C19H25NO3S/c1-23-19(22)16-10-12-6-2-4-8-15(12)20(16)18(21)14-11-24-17-9-5-3-7-13(14)17/h11-12,15-16H,2-10H2,1H3. The minimum absolute atomic E-state index is 0.0687. The van der Waals surface area contributed by atoms with Gasteiger partial charge in [0, 0.05) is 16.3 Å². The molecular formula is C19H25NO3S. The summed E-state index contributed by atoms with van der Waals surface area (Å²) < 4.78 is 5.02. The fourth-order valence-electron chi connectivity index (χ4n) is 4.91. The number of amides is 1. The summed E-state index contributed by atoms with van der Waals surface area (Å²) in [4.78, 5) is 29.0. The van der Waals surface area contributed by atoms with Gasteiger partial charge in [0.1, 0.15) is 6.04 Å². The van der Waals surface area contributed by atoms with Crippen LogP contribution in [0.15, 0.2) is 5.38 Å². The predicted molar refractivity (Wildman–Crippen MR) is 93.3 cm³/mol. The number of thiophene rings is 1. The van der Waals surface area contributed by atoms with Gasteiger partial charge in [-0.1, -0.05) is 12.8 Å². The van der Waals surface area contributed by atoms with Crippen molar-refractivity contribution in [1.29, 1.82) is 0 Å². The Morgan fingerprint density at radius 3 is 2.79 bits per heavy atom. The van der Waals surface area contributed by atoms with Gasteiger partial charge in [-0.3, -0.25) is 4.79 Å². The van der Waals surface area contributed by atoms with Crippen LogP contribution >= 0.6 is 11.3 Å². The van der Waals surface area contributed by atoms with Gasteiger partial charge in [0.25, 0.3) is 5.91 Å². The van der Waals surface area contributed by atoms with Crippen LogP contribution in [0, 0.1) is 5.92 Å². The maximum Gasteiger partial charge on any atom is 0.328 e. The molecule has 24 heavy (non-hydrogen) atoms. The molecule has 1 amide bonds.